The Kier molecular flexibility index (Phi) is 2.46. The molecule has 0 heterocycles. The van der Waals surface area contributed by atoms with E-state index in [1.54, 1.807) is 6.07 Å². The van der Waals surface area contributed by atoms with E-state index in [4.69, 9.17) is 16.7 Å². The lowest BCUT2D eigenvalue weighted by Crippen LogP contribution is -2.13. The van der Waals surface area contributed by atoms with Gasteiger partial charge in [0, 0.05) is 11.0 Å². The summed E-state index contributed by atoms with van der Waals surface area (Å²) in [5.41, 5.74) is -0.0605. The third-order valence-electron chi connectivity index (χ3n) is 3.02. The van der Waals surface area contributed by atoms with Crippen LogP contribution in [0.5, 0.6) is 11.5 Å². The van der Waals surface area contributed by atoms with E-state index < -0.39 is 11.4 Å². The largest absolute Gasteiger partial charge is 0.504 e. The Morgan fingerprint density at radius 3 is 2.44 bits per heavy atom. The predicted molar refractivity (Wildman–Crippen MR) is 57.9 cm³/mol. The Labute approximate surface area is 97.1 Å². The number of halogens is 1. The Balaban J connectivity index is 2.42. The summed E-state index contributed by atoms with van der Waals surface area (Å²) in [7, 11) is 0. The highest BCUT2D eigenvalue weighted by Gasteiger charge is 2.48. The van der Waals surface area contributed by atoms with Crippen LogP contribution in [0.2, 0.25) is 5.02 Å². The molecule has 0 unspecified atom stereocenters. The molecule has 16 heavy (non-hydrogen) atoms. The molecular weight excluding hydrogens is 232 g/mol. The lowest BCUT2D eigenvalue weighted by atomic mass is 9.91. The van der Waals surface area contributed by atoms with Gasteiger partial charge in [0.05, 0.1) is 11.4 Å². The maximum absolute atomic E-state index is 10.7. The normalized spacial score (nSPS) is 17.1. The van der Waals surface area contributed by atoms with Crippen LogP contribution in [0.4, 0.5) is 0 Å². The lowest BCUT2D eigenvalue weighted by molar-refractivity contribution is -0.137. The van der Waals surface area contributed by atoms with E-state index in [0.717, 1.165) is 0 Å². The first-order chi connectivity index (χ1) is 7.46. The van der Waals surface area contributed by atoms with Crippen LogP contribution < -0.4 is 0 Å². The zero-order chi connectivity index (χ0) is 11.9. The van der Waals surface area contributed by atoms with Crippen molar-refractivity contribution >= 4 is 17.6 Å². The highest BCUT2D eigenvalue weighted by molar-refractivity contribution is 6.32. The number of benzene rings is 1. The van der Waals surface area contributed by atoms with Crippen LogP contribution in [0, 0.1) is 0 Å². The van der Waals surface area contributed by atoms with E-state index in [0.29, 0.717) is 18.4 Å². The molecule has 0 amide bonds. The summed E-state index contributed by atoms with van der Waals surface area (Å²) in [5.74, 6) is -1.59. The summed E-state index contributed by atoms with van der Waals surface area (Å²) in [6.45, 7) is 0. The zero-order valence-corrected chi connectivity index (χ0v) is 9.16. The lowest BCUT2D eigenvalue weighted by Gasteiger charge is -2.15. The van der Waals surface area contributed by atoms with Gasteiger partial charge in [-0.2, -0.15) is 0 Å². The molecule has 1 aromatic rings. The smallest absolute Gasteiger partial charge is 0.304 e. The van der Waals surface area contributed by atoms with Gasteiger partial charge in [-0.25, -0.2) is 0 Å². The summed E-state index contributed by atoms with van der Waals surface area (Å²) < 4.78 is 0. The standard InChI is InChI=1S/C11H11ClO4/c12-7-2-1-6(9(15)10(7)16)11(3-4-11)5-8(13)14/h1-2,15-16H,3-5H2,(H,13,14). The second-order valence-corrected chi connectivity index (χ2v) is 4.55. The summed E-state index contributed by atoms with van der Waals surface area (Å²) in [6.07, 6.45) is 1.36. The van der Waals surface area contributed by atoms with Crippen molar-refractivity contribution in [2.24, 2.45) is 0 Å². The van der Waals surface area contributed by atoms with Crippen molar-refractivity contribution in [1.82, 2.24) is 0 Å². The van der Waals surface area contributed by atoms with E-state index in [2.05, 4.69) is 0 Å². The van der Waals surface area contributed by atoms with Crippen molar-refractivity contribution in [3.05, 3.63) is 22.7 Å². The third-order valence-corrected chi connectivity index (χ3v) is 3.32. The predicted octanol–water partition coefficient (Wildman–Crippen LogP) is 2.26. The van der Waals surface area contributed by atoms with Gasteiger partial charge < -0.3 is 15.3 Å². The fourth-order valence-electron chi connectivity index (χ4n) is 1.96. The third kappa shape index (κ3) is 1.69. The fraction of sp³-hybridized carbons (Fsp3) is 0.364. The molecule has 0 spiro atoms. The first-order valence-corrected chi connectivity index (χ1v) is 5.27. The number of rotatable bonds is 3. The van der Waals surface area contributed by atoms with Crippen molar-refractivity contribution in [2.75, 3.05) is 0 Å². The van der Waals surface area contributed by atoms with E-state index in [9.17, 15) is 15.0 Å². The highest BCUT2D eigenvalue weighted by atomic mass is 35.5. The van der Waals surface area contributed by atoms with Gasteiger partial charge in [-0.1, -0.05) is 17.7 Å². The monoisotopic (exact) mass is 242 g/mol. The molecule has 0 aliphatic heterocycles. The van der Waals surface area contributed by atoms with Crippen LogP contribution in [-0.4, -0.2) is 21.3 Å². The SMILES string of the molecule is O=C(O)CC1(c2ccc(Cl)c(O)c2O)CC1. The van der Waals surface area contributed by atoms with E-state index >= 15 is 0 Å². The first-order valence-electron chi connectivity index (χ1n) is 4.89. The van der Waals surface area contributed by atoms with Gasteiger partial charge >= 0.3 is 5.97 Å². The number of hydrogen-bond acceptors (Lipinski definition) is 3. The van der Waals surface area contributed by atoms with Gasteiger partial charge in [0.15, 0.2) is 11.5 Å². The molecule has 0 saturated heterocycles. The molecule has 5 heteroatoms. The first kappa shape index (κ1) is 11.1. The maximum atomic E-state index is 10.7. The summed E-state index contributed by atoms with van der Waals surface area (Å²) in [4.78, 5) is 10.7. The van der Waals surface area contributed by atoms with Crippen molar-refractivity contribution in [3.8, 4) is 11.5 Å². The molecule has 0 aromatic heterocycles. The number of carboxylic acids is 1. The van der Waals surface area contributed by atoms with E-state index in [1.807, 2.05) is 0 Å². The topological polar surface area (TPSA) is 77.8 Å². The Morgan fingerprint density at radius 1 is 1.31 bits per heavy atom. The van der Waals surface area contributed by atoms with Crippen molar-refractivity contribution in [3.63, 3.8) is 0 Å². The molecule has 0 atom stereocenters. The highest BCUT2D eigenvalue weighted by Crippen LogP contribution is 2.55. The van der Waals surface area contributed by atoms with Crippen LogP contribution in [0.25, 0.3) is 0 Å². The van der Waals surface area contributed by atoms with Crippen LogP contribution >= 0.6 is 11.6 Å². The zero-order valence-electron chi connectivity index (χ0n) is 8.40. The average Bonchev–Trinajstić information content (AvgIpc) is 2.94. The number of aliphatic carboxylic acids is 1. The molecule has 4 nitrogen and oxygen atoms in total. The van der Waals surface area contributed by atoms with Crippen LogP contribution in [0.1, 0.15) is 24.8 Å². The van der Waals surface area contributed by atoms with Crippen molar-refractivity contribution in [2.45, 2.75) is 24.7 Å². The van der Waals surface area contributed by atoms with Gasteiger partial charge in [0.1, 0.15) is 0 Å². The van der Waals surface area contributed by atoms with Gasteiger partial charge in [-0.3, -0.25) is 4.79 Å². The van der Waals surface area contributed by atoms with Gasteiger partial charge in [0.25, 0.3) is 0 Å². The second kappa shape index (κ2) is 3.56. The van der Waals surface area contributed by atoms with Gasteiger partial charge in [-0.15, -0.1) is 0 Å². The molecule has 2 rings (SSSR count). The molecule has 86 valence electrons. The van der Waals surface area contributed by atoms with Crippen LogP contribution in [-0.2, 0) is 10.2 Å². The maximum Gasteiger partial charge on any atom is 0.304 e. The quantitative estimate of drug-likeness (QED) is 0.711. The summed E-state index contributed by atoms with van der Waals surface area (Å²) in [6, 6.07) is 3.04. The molecule has 1 aromatic carbocycles. The number of carboxylic acid groups (broad SMARTS) is 1. The Bertz CT molecular complexity index is 452. The van der Waals surface area contributed by atoms with Crippen molar-refractivity contribution in [1.29, 1.82) is 0 Å². The van der Waals surface area contributed by atoms with E-state index in [-0.39, 0.29) is 22.9 Å². The molecule has 0 bridgehead atoms. The molecule has 3 N–H and O–H groups in total. The van der Waals surface area contributed by atoms with Crippen molar-refractivity contribution < 1.29 is 20.1 Å². The molecule has 1 aliphatic rings. The molecule has 1 aliphatic carbocycles. The fourth-order valence-corrected chi connectivity index (χ4v) is 2.12. The van der Waals surface area contributed by atoms with Crippen LogP contribution in [0.15, 0.2) is 12.1 Å². The molecule has 0 radical (unpaired) electrons. The van der Waals surface area contributed by atoms with Gasteiger partial charge in [-0.05, 0) is 18.9 Å². The molecule has 1 fully saturated rings. The average molecular weight is 243 g/mol. The summed E-state index contributed by atoms with van der Waals surface area (Å²) in [5, 5.41) is 28.1. The molecular formula is C11H11ClO4. The number of phenols is 2. The van der Waals surface area contributed by atoms with Crippen LogP contribution in [0.3, 0.4) is 0 Å². The minimum atomic E-state index is -0.911. The minimum Gasteiger partial charge on any atom is -0.504 e. The Morgan fingerprint density at radius 2 is 1.94 bits per heavy atom. The number of hydrogen-bond donors (Lipinski definition) is 3. The van der Waals surface area contributed by atoms with Gasteiger partial charge in [0.2, 0.25) is 0 Å². The molecule has 1 saturated carbocycles. The Hall–Kier alpha value is -1.42. The number of carbonyl (C=O) groups is 1. The number of aromatic hydroxyl groups is 2. The summed E-state index contributed by atoms with van der Waals surface area (Å²) >= 11 is 5.64. The van der Waals surface area contributed by atoms with E-state index in [1.165, 1.54) is 6.07 Å². The second-order valence-electron chi connectivity index (χ2n) is 4.14. The number of phenolic OH excluding ortho intramolecular Hbond substituents is 2. The minimum absolute atomic E-state index is 0.0400.